The van der Waals surface area contributed by atoms with Gasteiger partial charge < -0.3 is 0 Å². The van der Waals surface area contributed by atoms with Crippen LogP contribution in [-0.4, -0.2) is 18.0 Å². The molecule has 0 amide bonds. The van der Waals surface area contributed by atoms with E-state index in [9.17, 15) is 12.8 Å². The van der Waals surface area contributed by atoms with Gasteiger partial charge in [-0.2, -0.15) is 5.10 Å². The summed E-state index contributed by atoms with van der Waals surface area (Å²) in [5.74, 6) is -0.584. The summed E-state index contributed by atoms with van der Waals surface area (Å²) in [5, 5.41) is 4.27. The summed E-state index contributed by atoms with van der Waals surface area (Å²) < 4.78 is 41.1. The van der Waals surface area contributed by atoms with Crippen LogP contribution in [0.4, 0.5) is 4.39 Å². The molecule has 0 bridgehead atoms. The SMILES string of the molecule is O=S(=O)(Cc1ccc(F)cc1)NCc1cc2ccccn2n1. The number of aromatic nitrogens is 2. The number of pyridine rings is 1. The van der Waals surface area contributed by atoms with Crippen molar-refractivity contribution in [2.45, 2.75) is 12.3 Å². The molecular weight excluding hydrogens is 305 g/mol. The topological polar surface area (TPSA) is 63.5 Å². The highest BCUT2D eigenvalue weighted by atomic mass is 32.2. The molecule has 0 aliphatic heterocycles. The number of nitrogens with zero attached hydrogens (tertiary/aromatic N) is 2. The van der Waals surface area contributed by atoms with E-state index in [2.05, 4.69) is 9.82 Å². The standard InChI is InChI=1S/C15H14FN3O2S/c16-13-6-4-12(5-7-13)11-22(20,21)17-10-14-9-15-3-1-2-8-19(15)18-14/h1-9,17H,10-11H2. The van der Waals surface area contributed by atoms with E-state index in [4.69, 9.17) is 0 Å². The highest BCUT2D eigenvalue weighted by Crippen LogP contribution is 2.09. The first kappa shape index (κ1) is 14.7. The van der Waals surface area contributed by atoms with Crippen molar-refractivity contribution >= 4 is 15.5 Å². The molecule has 0 aliphatic rings. The van der Waals surface area contributed by atoms with E-state index in [0.717, 1.165) is 5.52 Å². The highest BCUT2D eigenvalue weighted by Gasteiger charge is 2.12. The Bertz CT molecular complexity index is 856. The normalized spacial score (nSPS) is 11.9. The molecule has 0 fully saturated rings. The Morgan fingerprint density at radius 2 is 1.91 bits per heavy atom. The second-order valence-electron chi connectivity index (χ2n) is 4.91. The van der Waals surface area contributed by atoms with Crippen molar-refractivity contribution in [1.82, 2.24) is 14.3 Å². The Morgan fingerprint density at radius 3 is 2.64 bits per heavy atom. The van der Waals surface area contributed by atoms with Gasteiger partial charge in [0.15, 0.2) is 0 Å². The van der Waals surface area contributed by atoms with Crippen LogP contribution in [0.25, 0.3) is 5.52 Å². The van der Waals surface area contributed by atoms with Gasteiger partial charge in [-0.3, -0.25) is 0 Å². The second kappa shape index (κ2) is 5.86. The summed E-state index contributed by atoms with van der Waals surface area (Å²) in [6.07, 6.45) is 1.80. The molecule has 1 aromatic carbocycles. The van der Waals surface area contributed by atoms with Crippen LogP contribution in [0, 0.1) is 5.82 Å². The molecule has 3 rings (SSSR count). The summed E-state index contributed by atoms with van der Waals surface area (Å²) >= 11 is 0. The van der Waals surface area contributed by atoms with E-state index >= 15 is 0 Å². The Hall–Kier alpha value is -2.25. The monoisotopic (exact) mass is 319 g/mol. The van der Waals surface area contributed by atoms with Gasteiger partial charge in [0.05, 0.1) is 23.5 Å². The van der Waals surface area contributed by atoms with Crippen molar-refractivity contribution in [2.24, 2.45) is 0 Å². The number of fused-ring (bicyclic) bond motifs is 1. The molecule has 3 aromatic rings. The summed E-state index contributed by atoms with van der Waals surface area (Å²) in [7, 11) is -3.50. The largest absolute Gasteiger partial charge is 0.241 e. The van der Waals surface area contributed by atoms with Crippen LogP contribution in [-0.2, 0) is 22.3 Å². The molecule has 22 heavy (non-hydrogen) atoms. The number of sulfonamides is 1. The van der Waals surface area contributed by atoms with E-state index in [1.165, 1.54) is 24.3 Å². The van der Waals surface area contributed by atoms with E-state index in [-0.39, 0.29) is 18.1 Å². The molecule has 0 saturated carbocycles. The number of hydrogen-bond donors (Lipinski definition) is 1. The summed E-state index contributed by atoms with van der Waals surface area (Å²) in [5.41, 5.74) is 2.06. The van der Waals surface area contributed by atoms with Crippen molar-refractivity contribution in [3.05, 3.63) is 71.8 Å². The van der Waals surface area contributed by atoms with Crippen molar-refractivity contribution < 1.29 is 12.8 Å². The fraction of sp³-hybridized carbons (Fsp3) is 0.133. The van der Waals surface area contributed by atoms with Crippen molar-refractivity contribution in [1.29, 1.82) is 0 Å². The number of benzene rings is 1. The maximum Gasteiger partial charge on any atom is 0.216 e. The summed E-state index contributed by atoms with van der Waals surface area (Å²) in [6, 6.07) is 12.9. The molecule has 7 heteroatoms. The van der Waals surface area contributed by atoms with E-state index in [1.807, 2.05) is 24.3 Å². The maximum absolute atomic E-state index is 12.8. The second-order valence-corrected chi connectivity index (χ2v) is 6.72. The van der Waals surface area contributed by atoms with Crippen LogP contribution in [0.1, 0.15) is 11.3 Å². The lowest BCUT2D eigenvalue weighted by Crippen LogP contribution is -2.24. The maximum atomic E-state index is 12.8. The quantitative estimate of drug-likeness (QED) is 0.783. The number of halogens is 1. The lowest BCUT2D eigenvalue weighted by molar-refractivity contribution is 0.579. The molecule has 0 atom stereocenters. The Labute approximate surface area is 127 Å². The van der Waals surface area contributed by atoms with Crippen LogP contribution in [0.15, 0.2) is 54.7 Å². The minimum Gasteiger partial charge on any atom is -0.241 e. The molecular formula is C15H14FN3O2S. The van der Waals surface area contributed by atoms with E-state index in [0.29, 0.717) is 11.3 Å². The fourth-order valence-corrected chi connectivity index (χ4v) is 3.21. The third kappa shape index (κ3) is 3.49. The lowest BCUT2D eigenvalue weighted by Gasteiger charge is -2.05. The van der Waals surface area contributed by atoms with Crippen LogP contribution in [0.5, 0.6) is 0 Å². The van der Waals surface area contributed by atoms with Gasteiger partial charge >= 0.3 is 0 Å². The molecule has 2 heterocycles. The molecule has 0 saturated heterocycles. The first-order chi connectivity index (χ1) is 10.5. The van der Waals surface area contributed by atoms with Gasteiger partial charge in [-0.25, -0.2) is 22.0 Å². The highest BCUT2D eigenvalue weighted by molar-refractivity contribution is 7.88. The summed E-state index contributed by atoms with van der Waals surface area (Å²) in [4.78, 5) is 0. The fourth-order valence-electron chi connectivity index (χ4n) is 2.11. The molecule has 114 valence electrons. The molecule has 0 unspecified atom stereocenters. The van der Waals surface area contributed by atoms with Crippen LogP contribution < -0.4 is 4.72 Å². The van der Waals surface area contributed by atoms with Gasteiger partial charge in [0.1, 0.15) is 5.82 Å². The first-order valence-electron chi connectivity index (χ1n) is 6.67. The van der Waals surface area contributed by atoms with Crippen molar-refractivity contribution in [3.8, 4) is 0 Å². The minimum atomic E-state index is -3.50. The first-order valence-corrected chi connectivity index (χ1v) is 8.32. The van der Waals surface area contributed by atoms with Crippen LogP contribution in [0.3, 0.4) is 0 Å². The Kier molecular flexibility index (Phi) is 3.91. The smallest absolute Gasteiger partial charge is 0.216 e. The summed E-state index contributed by atoms with van der Waals surface area (Å²) in [6.45, 7) is 0.116. The Balaban J connectivity index is 1.67. The van der Waals surface area contributed by atoms with Gasteiger partial charge in [-0.15, -0.1) is 0 Å². The third-order valence-corrected chi connectivity index (χ3v) is 4.46. The van der Waals surface area contributed by atoms with Crippen molar-refractivity contribution in [2.75, 3.05) is 0 Å². The zero-order valence-corrected chi connectivity index (χ0v) is 12.4. The zero-order chi connectivity index (χ0) is 15.6. The van der Waals surface area contributed by atoms with Gasteiger partial charge in [0.25, 0.3) is 0 Å². The number of nitrogens with one attached hydrogen (secondary N) is 1. The number of hydrogen-bond acceptors (Lipinski definition) is 3. The zero-order valence-electron chi connectivity index (χ0n) is 11.6. The Morgan fingerprint density at radius 1 is 1.14 bits per heavy atom. The average Bonchev–Trinajstić information content (AvgIpc) is 2.90. The predicted molar refractivity (Wildman–Crippen MR) is 81.1 cm³/mol. The molecule has 0 radical (unpaired) electrons. The van der Waals surface area contributed by atoms with Gasteiger partial charge in [-0.1, -0.05) is 18.2 Å². The van der Waals surface area contributed by atoms with E-state index < -0.39 is 10.0 Å². The van der Waals surface area contributed by atoms with Crippen LogP contribution >= 0.6 is 0 Å². The van der Waals surface area contributed by atoms with Crippen LogP contribution in [0.2, 0.25) is 0 Å². The predicted octanol–water partition coefficient (Wildman–Crippen LogP) is 2.09. The van der Waals surface area contributed by atoms with Gasteiger partial charge in [0.2, 0.25) is 10.0 Å². The van der Waals surface area contributed by atoms with Crippen molar-refractivity contribution in [3.63, 3.8) is 0 Å². The van der Waals surface area contributed by atoms with E-state index in [1.54, 1.807) is 10.7 Å². The lowest BCUT2D eigenvalue weighted by atomic mass is 10.2. The molecule has 0 aliphatic carbocycles. The molecule has 0 spiro atoms. The van der Waals surface area contributed by atoms with Gasteiger partial charge in [-0.05, 0) is 35.9 Å². The molecule has 1 N–H and O–H groups in total. The molecule has 5 nitrogen and oxygen atoms in total. The molecule has 2 aromatic heterocycles. The third-order valence-electron chi connectivity index (χ3n) is 3.16. The minimum absolute atomic E-state index is 0.116. The number of rotatable bonds is 5. The van der Waals surface area contributed by atoms with Gasteiger partial charge in [0, 0.05) is 6.20 Å². The average molecular weight is 319 g/mol.